The number of rotatable bonds is 5. The van der Waals surface area contributed by atoms with Crippen LogP contribution in [0, 0.1) is 0 Å². The van der Waals surface area contributed by atoms with Crippen molar-refractivity contribution in [1.82, 2.24) is 15.3 Å². The molecule has 0 saturated carbocycles. The second-order valence-corrected chi connectivity index (χ2v) is 4.55. The van der Waals surface area contributed by atoms with E-state index in [9.17, 15) is 4.79 Å². The Morgan fingerprint density at radius 1 is 1.50 bits per heavy atom. The Morgan fingerprint density at radius 2 is 2.17 bits per heavy atom. The molecule has 0 spiro atoms. The maximum absolute atomic E-state index is 12.0. The van der Waals surface area contributed by atoms with E-state index >= 15 is 0 Å². The highest BCUT2D eigenvalue weighted by Gasteiger charge is 2.27. The lowest BCUT2D eigenvalue weighted by Crippen LogP contribution is -2.49. The number of ether oxygens (including phenoxy) is 1. The molecule has 0 unspecified atom stereocenters. The number of nitrogens with one attached hydrogen (secondary N) is 2. The lowest BCUT2D eigenvalue weighted by atomic mass is 10.1. The summed E-state index contributed by atoms with van der Waals surface area (Å²) in [6.07, 6.45) is 0. The van der Waals surface area contributed by atoms with Gasteiger partial charge in [0, 0.05) is 6.07 Å². The zero-order valence-corrected chi connectivity index (χ0v) is 11.6. The molecule has 1 amide bonds. The quantitative estimate of drug-likeness (QED) is 0.794. The van der Waals surface area contributed by atoms with Gasteiger partial charge in [-0.3, -0.25) is 10.1 Å². The number of nitrogens with zero attached hydrogens (tertiary/aromatic N) is 2. The Kier molecular flexibility index (Phi) is 4.86. The van der Waals surface area contributed by atoms with Crippen LogP contribution in [-0.2, 0) is 4.79 Å². The second kappa shape index (κ2) is 5.97. The molecule has 0 aromatic carbocycles. The topological polar surface area (TPSA) is 76.1 Å². The molecule has 0 saturated heterocycles. The number of methoxy groups -OCH3 is 1. The number of amides is 1. The molecular formula is C11H17ClN4O2. The van der Waals surface area contributed by atoms with Crippen molar-refractivity contribution in [3.63, 3.8) is 0 Å². The van der Waals surface area contributed by atoms with Crippen LogP contribution in [0.5, 0.6) is 5.88 Å². The van der Waals surface area contributed by atoms with Gasteiger partial charge in [0.1, 0.15) is 5.15 Å². The summed E-state index contributed by atoms with van der Waals surface area (Å²) in [5, 5.41) is 5.85. The summed E-state index contributed by atoms with van der Waals surface area (Å²) in [6, 6.07) is 1.46. The summed E-state index contributed by atoms with van der Waals surface area (Å²) in [4.78, 5) is 19.9. The van der Waals surface area contributed by atoms with Crippen molar-refractivity contribution >= 4 is 23.5 Å². The van der Waals surface area contributed by atoms with Crippen molar-refractivity contribution in [2.45, 2.75) is 26.3 Å². The van der Waals surface area contributed by atoms with Gasteiger partial charge in [0.25, 0.3) is 0 Å². The third-order valence-corrected chi connectivity index (χ3v) is 2.49. The normalized spacial score (nSPS) is 11.2. The van der Waals surface area contributed by atoms with Crippen molar-refractivity contribution < 1.29 is 9.53 Å². The molecule has 1 heterocycles. The molecule has 0 radical (unpaired) electrons. The maximum atomic E-state index is 12.0. The zero-order valence-electron chi connectivity index (χ0n) is 10.9. The van der Waals surface area contributed by atoms with Gasteiger partial charge < -0.3 is 10.1 Å². The van der Waals surface area contributed by atoms with E-state index in [1.807, 2.05) is 6.92 Å². The third-order valence-electron chi connectivity index (χ3n) is 2.29. The molecule has 100 valence electrons. The number of hydrogen-bond donors (Lipinski definition) is 2. The molecular weight excluding hydrogens is 256 g/mol. The molecule has 7 heteroatoms. The van der Waals surface area contributed by atoms with E-state index in [0.717, 1.165) is 0 Å². The zero-order chi connectivity index (χ0) is 13.8. The van der Waals surface area contributed by atoms with Crippen molar-refractivity contribution in [3.8, 4) is 5.88 Å². The highest BCUT2D eigenvalue weighted by Crippen LogP contribution is 2.16. The molecule has 1 rings (SSSR count). The number of hydrogen-bond acceptors (Lipinski definition) is 5. The fourth-order valence-electron chi connectivity index (χ4n) is 1.34. The fourth-order valence-corrected chi connectivity index (χ4v) is 1.51. The summed E-state index contributed by atoms with van der Waals surface area (Å²) in [5.74, 6) is 0.176. The van der Waals surface area contributed by atoms with Crippen LogP contribution in [0.4, 0.5) is 5.95 Å². The van der Waals surface area contributed by atoms with Gasteiger partial charge in [0.15, 0.2) is 0 Å². The van der Waals surface area contributed by atoms with E-state index in [1.165, 1.54) is 13.2 Å². The molecule has 0 fully saturated rings. The first kappa shape index (κ1) is 14.7. The second-order valence-electron chi connectivity index (χ2n) is 4.17. The Hall–Kier alpha value is -1.40. The van der Waals surface area contributed by atoms with Gasteiger partial charge in [-0.1, -0.05) is 18.5 Å². The van der Waals surface area contributed by atoms with Crippen LogP contribution in [0.2, 0.25) is 5.15 Å². The van der Waals surface area contributed by atoms with Crippen molar-refractivity contribution in [1.29, 1.82) is 0 Å². The van der Waals surface area contributed by atoms with Crippen LogP contribution in [0.25, 0.3) is 0 Å². The lowest BCUT2D eigenvalue weighted by molar-refractivity contribution is -0.121. The molecule has 1 aromatic heterocycles. The molecule has 18 heavy (non-hydrogen) atoms. The van der Waals surface area contributed by atoms with Gasteiger partial charge in [0.05, 0.1) is 12.6 Å². The summed E-state index contributed by atoms with van der Waals surface area (Å²) < 4.78 is 4.95. The largest absolute Gasteiger partial charge is 0.481 e. The highest BCUT2D eigenvalue weighted by molar-refractivity contribution is 6.29. The fraction of sp³-hybridized carbons (Fsp3) is 0.545. The highest BCUT2D eigenvalue weighted by atomic mass is 35.5. The number of likely N-dealkylation sites (N-methyl/N-ethyl adjacent to an activating group) is 1. The summed E-state index contributed by atoms with van der Waals surface area (Å²) in [7, 11) is 1.47. The molecule has 2 N–H and O–H groups in total. The Morgan fingerprint density at radius 3 is 2.72 bits per heavy atom. The van der Waals surface area contributed by atoms with Gasteiger partial charge in [-0.25, -0.2) is 4.98 Å². The standard InChI is InChI=1S/C11H17ClN4O2/c1-5-13-11(2,3)9(17)16-10-14-7(12)6-8(15-10)18-4/h6,13H,5H2,1-4H3,(H,14,15,16,17). The number of carbonyl (C=O) groups is 1. The van der Waals surface area contributed by atoms with Gasteiger partial charge in [-0.15, -0.1) is 0 Å². The van der Waals surface area contributed by atoms with Crippen molar-refractivity contribution in [3.05, 3.63) is 11.2 Å². The summed E-state index contributed by atoms with van der Waals surface area (Å²) in [6.45, 7) is 6.15. The minimum atomic E-state index is -0.715. The van der Waals surface area contributed by atoms with E-state index in [2.05, 4.69) is 20.6 Å². The van der Waals surface area contributed by atoms with Crippen LogP contribution >= 0.6 is 11.6 Å². The van der Waals surface area contributed by atoms with Crippen LogP contribution in [0.1, 0.15) is 20.8 Å². The number of carbonyl (C=O) groups excluding carboxylic acids is 1. The SMILES string of the molecule is CCNC(C)(C)C(=O)Nc1nc(Cl)cc(OC)n1. The molecule has 0 aliphatic carbocycles. The lowest BCUT2D eigenvalue weighted by Gasteiger charge is -2.23. The van der Waals surface area contributed by atoms with Gasteiger partial charge in [-0.05, 0) is 20.4 Å². The predicted molar refractivity (Wildman–Crippen MR) is 70.0 cm³/mol. The molecule has 0 bridgehead atoms. The smallest absolute Gasteiger partial charge is 0.246 e. The molecule has 0 aliphatic heterocycles. The van der Waals surface area contributed by atoms with Crippen LogP contribution in [0.15, 0.2) is 6.07 Å². The first-order valence-corrected chi connectivity index (χ1v) is 5.92. The number of halogens is 1. The minimum Gasteiger partial charge on any atom is -0.481 e. The van der Waals surface area contributed by atoms with Crippen LogP contribution in [-0.4, -0.2) is 35.1 Å². The van der Waals surface area contributed by atoms with E-state index < -0.39 is 5.54 Å². The van der Waals surface area contributed by atoms with Crippen LogP contribution < -0.4 is 15.4 Å². The Bertz CT molecular complexity index is 437. The minimum absolute atomic E-state index is 0.121. The van der Waals surface area contributed by atoms with Crippen molar-refractivity contribution in [2.75, 3.05) is 19.0 Å². The van der Waals surface area contributed by atoms with Gasteiger partial charge in [0.2, 0.25) is 17.7 Å². The first-order valence-electron chi connectivity index (χ1n) is 5.54. The Labute approximate surface area is 111 Å². The van der Waals surface area contributed by atoms with E-state index in [0.29, 0.717) is 12.4 Å². The van der Waals surface area contributed by atoms with E-state index in [4.69, 9.17) is 16.3 Å². The van der Waals surface area contributed by atoms with Crippen molar-refractivity contribution in [2.24, 2.45) is 0 Å². The van der Waals surface area contributed by atoms with Gasteiger partial charge in [-0.2, -0.15) is 4.98 Å². The monoisotopic (exact) mass is 272 g/mol. The first-order chi connectivity index (χ1) is 8.39. The average Bonchev–Trinajstić information content (AvgIpc) is 2.27. The van der Waals surface area contributed by atoms with Crippen LogP contribution in [0.3, 0.4) is 0 Å². The molecule has 1 aromatic rings. The summed E-state index contributed by atoms with van der Waals surface area (Å²) in [5.41, 5.74) is -0.715. The number of anilines is 1. The molecule has 0 atom stereocenters. The average molecular weight is 273 g/mol. The van der Waals surface area contributed by atoms with Gasteiger partial charge >= 0.3 is 0 Å². The van der Waals surface area contributed by atoms with E-state index in [-0.39, 0.29) is 17.0 Å². The number of aromatic nitrogens is 2. The third kappa shape index (κ3) is 3.82. The molecule has 0 aliphatic rings. The Balaban J connectivity index is 2.84. The maximum Gasteiger partial charge on any atom is 0.246 e. The summed E-state index contributed by atoms with van der Waals surface area (Å²) >= 11 is 5.79. The van der Waals surface area contributed by atoms with E-state index in [1.54, 1.807) is 13.8 Å². The predicted octanol–water partition coefficient (Wildman–Crippen LogP) is 1.47. The molecule has 6 nitrogen and oxygen atoms in total.